The Morgan fingerprint density at radius 2 is 1.96 bits per heavy atom. The number of methoxy groups -OCH3 is 1. The van der Waals surface area contributed by atoms with Crippen LogP contribution in [0.15, 0.2) is 24.5 Å². The number of ether oxygens (including phenoxy) is 3. The Hall–Kier alpha value is -0.663. The minimum absolute atomic E-state index is 0.00210. The quantitative estimate of drug-likeness (QED) is 0.185. The molecule has 2 aliphatic carbocycles. The molecular formula is C22H40O5Si. The van der Waals surface area contributed by atoms with Crippen LogP contribution in [0.4, 0.5) is 0 Å². The number of rotatable bonds is 9. The standard InChI is InChI=1S/C22H40O5Si/c1-21(2,3)28(5,6)27-19-10-11-22(12-13-23)18(16-19)8-7-9-20(22)26-17-25-15-14-24-4/h10-13,18-20,23H,7-9,14-17H2,1-6H3/b13-12-/t18-,19?,20-,22?/m1/s1. The van der Waals surface area contributed by atoms with Crippen molar-refractivity contribution in [3.63, 3.8) is 0 Å². The molecule has 0 aromatic heterocycles. The zero-order chi connectivity index (χ0) is 20.8. The molecule has 28 heavy (non-hydrogen) atoms. The van der Waals surface area contributed by atoms with Crippen LogP contribution in [0.5, 0.6) is 0 Å². The highest BCUT2D eigenvalue weighted by atomic mass is 28.4. The van der Waals surface area contributed by atoms with Gasteiger partial charge in [0.1, 0.15) is 6.79 Å². The van der Waals surface area contributed by atoms with E-state index >= 15 is 0 Å². The number of hydrogen-bond donors (Lipinski definition) is 1. The Morgan fingerprint density at radius 3 is 2.61 bits per heavy atom. The van der Waals surface area contributed by atoms with Crippen LogP contribution in [0.25, 0.3) is 0 Å². The zero-order valence-electron chi connectivity index (χ0n) is 18.6. The highest BCUT2D eigenvalue weighted by molar-refractivity contribution is 6.74. The second kappa shape index (κ2) is 9.89. The van der Waals surface area contributed by atoms with Crippen LogP contribution in [-0.2, 0) is 18.6 Å². The fourth-order valence-electron chi connectivity index (χ4n) is 4.14. The number of fused-ring (bicyclic) bond motifs is 1. The maximum absolute atomic E-state index is 9.63. The van der Waals surface area contributed by atoms with Crippen LogP contribution in [0.2, 0.25) is 18.1 Å². The molecule has 2 rings (SSSR count). The molecule has 2 unspecified atom stereocenters. The molecule has 0 heterocycles. The summed E-state index contributed by atoms with van der Waals surface area (Å²) in [6.07, 6.45) is 11.8. The normalized spacial score (nSPS) is 31.3. The van der Waals surface area contributed by atoms with Crippen LogP contribution in [0.3, 0.4) is 0 Å². The van der Waals surface area contributed by atoms with Crippen molar-refractivity contribution in [3.05, 3.63) is 24.5 Å². The van der Waals surface area contributed by atoms with Crippen molar-refractivity contribution in [1.29, 1.82) is 0 Å². The molecule has 2 aliphatic rings. The first-order valence-corrected chi connectivity index (χ1v) is 13.4. The molecule has 0 aromatic rings. The minimum atomic E-state index is -1.82. The maximum Gasteiger partial charge on any atom is 0.192 e. The molecule has 4 atom stereocenters. The maximum atomic E-state index is 9.63. The van der Waals surface area contributed by atoms with E-state index < -0.39 is 8.32 Å². The van der Waals surface area contributed by atoms with Crippen molar-refractivity contribution in [2.24, 2.45) is 11.3 Å². The van der Waals surface area contributed by atoms with Crippen molar-refractivity contribution >= 4 is 8.32 Å². The van der Waals surface area contributed by atoms with Gasteiger partial charge in [-0.3, -0.25) is 0 Å². The summed E-state index contributed by atoms with van der Waals surface area (Å²) in [7, 11) is -0.165. The van der Waals surface area contributed by atoms with E-state index in [1.54, 1.807) is 7.11 Å². The van der Waals surface area contributed by atoms with Crippen molar-refractivity contribution in [2.45, 2.75) is 76.8 Å². The van der Waals surface area contributed by atoms with Crippen LogP contribution in [-0.4, -0.2) is 52.7 Å². The fourth-order valence-corrected chi connectivity index (χ4v) is 5.43. The summed E-state index contributed by atoms with van der Waals surface area (Å²) in [6, 6.07) is 0. The molecule has 6 heteroatoms. The molecule has 162 valence electrons. The molecular weight excluding hydrogens is 372 g/mol. The van der Waals surface area contributed by atoms with Gasteiger partial charge in [0.25, 0.3) is 0 Å². The van der Waals surface area contributed by atoms with E-state index in [9.17, 15) is 5.11 Å². The molecule has 0 bridgehead atoms. The zero-order valence-corrected chi connectivity index (χ0v) is 19.6. The van der Waals surface area contributed by atoms with Gasteiger partial charge in [-0.25, -0.2) is 0 Å². The summed E-state index contributed by atoms with van der Waals surface area (Å²) in [4.78, 5) is 0. The lowest BCUT2D eigenvalue weighted by molar-refractivity contribution is -0.142. The molecule has 1 saturated carbocycles. The van der Waals surface area contributed by atoms with E-state index in [2.05, 4.69) is 46.0 Å². The molecule has 0 amide bonds. The van der Waals surface area contributed by atoms with Crippen LogP contribution in [0, 0.1) is 11.3 Å². The average Bonchev–Trinajstić information content (AvgIpc) is 2.61. The molecule has 1 fully saturated rings. The van der Waals surface area contributed by atoms with E-state index in [1.165, 1.54) is 6.26 Å². The third kappa shape index (κ3) is 5.48. The predicted molar refractivity (Wildman–Crippen MR) is 115 cm³/mol. The number of aliphatic hydroxyl groups excluding tert-OH is 1. The van der Waals surface area contributed by atoms with E-state index in [0.717, 1.165) is 25.7 Å². The highest BCUT2D eigenvalue weighted by Gasteiger charge is 2.49. The molecule has 1 N–H and O–H groups in total. The number of hydrogen-bond acceptors (Lipinski definition) is 5. The SMILES string of the molecule is COCCOCO[C@@H]1CCC[C@@H]2CC(O[Si](C)(C)C(C)(C)C)C=CC21/C=C\O. The summed E-state index contributed by atoms with van der Waals surface area (Å²) in [6.45, 7) is 12.8. The summed E-state index contributed by atoms with van der Waals surface area (Å²) in [5.41, 5.74) is -0.287. The summed E-state index contributed by atoms with van der Waals surface area (Å²) >= 11 is 0. The first-order valence-electron chi connectivity index (χ1n) is 10.5. The minimum Gasteiger partial charge on any atom is -0.516 e. The van der Waals surface area contributed by atoms with Gasteiger partial charge in [-0.15, -0.1) is 0 Å². The average molecular weight is 413 g/mol. The summed E-state index contributed by atoms with van der Waals surface area (Å²) in [5.74, 6) is 0.397. The second-order valence-electron chi connectivity index (χ2n) is 9.63. The van der Waals surface area contributed by atoms with Gasteiger partial charge >= 0.3 is 0 Å². The Labute approximate surface area is 172 Å². The van der Waals surface area contributed by atoms with E-state index in [1.807, 2.05) is 6.08 Å². The largest absolute Gasteiger partial charge is 0.516 e. The third-order valence-corrected chi connectivity index (χ3v) is 11.3. The van der Waals surface area contributed by atoms with Gasteiger partial charge in [-0.05, 0) is 49.4 Å². The smallest absolute Gasteiger partial charge is 0.192 e. The van der Waals surface area contributed by atoms with Gasteiger partial charge in [-0.1, -0.05) is 39.3 Å². The molecule has 0 spiro atoms. The Bertz CT molecular complexity index is 540. The first kappa shape index (κ1) is 23.6. The monoisotopic (exact) mass is 412 g/mol. The Balaban J connectivity index is 2.11. The van der Waals surface area contributed by atoms with Gasteiger partial charge in [0.15, 0.2) is 8.32 Å². The third-order valence-electron chi connectivity index (χ3n) is 6.80. The molecule has 0 saturated heterocycles. The second-order valence-corrected chi connectivity index (χ2v) is 14.4. The van der Waals surface area contributed by atoms with E-state index in [4.69, 9.17) is 18.6 Å². The van der Waals surface area contributed by atoms with Gasteiger partial charge in [0.05, 0.1) is 31.7 Å². The topological polar surface area (TPSA) is 57.2 Å². The van der Waals surface area contributed by atoms with E-state index in [-0.39, 0.29) is 29.5 Å². The van der Waals surface area contributed by atoms with Gasteiger partial charge in [0.2, 0.25) is 0 Å². The summed E-state index contributed by atoms with van der Waals surface area (Å²) < 4.78 is 23.3. The van der Waals surface area contributed by atoms with Gasteiger partial charge in [-0.2, -0.15) is 0 Å². The van der Waals surface area contributed by atoms with Crippen molar-refractivity contribution in [3.8, 4) is 0 Å². The first-order chi connectivity index (χ1) is 13.2. The summed E-state index contributed by atoms with van der Waals surface area (Å²) in [5, 5.41) is 9.82. The highest BCUT2D eigenvalue weighted by Crippen LogP contribution is 2.51. The lowest BCUT2D eigenvalue weighted by Gasteiger charge is -2.50. The van der Waals surface area contributed by atoms with Crippen LogP contribution < -0.4 is 0 Å². The Kier molecular flexibility index (Phi) is 8.34. The van der Waals surface area contributed by atoms with Gasteiger partial charge in [0, 0.05) is 12.5 Å². The van der Waals surface area contributed by atoms with E-state index in [0.29, 0.717) is 19.1 Å². The Morgan fingerprint density at radius 1 is 1.21 bits per heavy atom. The predicted octanol–water partition coefficient (Wildman–Crippen LogP) is 5.20. The van der Waals surface area contributed by atoms with Crippen LogP contribution >= 0.6 is 0 Å². The molecule has 0 aliphatic heterocycles. The van der Waals surface area contributed by atoms with Crippen LogP contribution in [0.1, 0.15) is 46.5 Å². The molecule has 5 nitrogen and oxygen atoms in total. The fraction of sp³-hybridized carbons (Fsp3) is 0.818. The van der Waals surface area contributed by atoms with Crippen molar-refractivity contribution in [2.75, 3.05) is 27.1 Å². The lowest BCUT2D eigenvalue weighted by atomic mass is 9.60. The molecule has 0 radical (unpaired) electrons. The van der Waals surface area contributed by atoms with Gasteiger partial charge < -0.3 is 23.7 Å². The molecule has 0 aromatic carbocycles. The van der Waals surface area contributed by atoms with Crippen molar-refractivity contribution < 1.29 is 23.7 Å². The van der Waals surface area contributed by atoms with Crippen molar-refractivity contribution in [1.82, 2.24) is 0 Å². The lowest BCUT2D eigenvalue weighted by Crippen LogP contribution is -2.50. The number of aliphatic hydroxyl groups is 1.